The van der Waals surface area contributed by atoms with Crippen molar-refractivity contribution in [3.05, 3.63) is 36.0 Å². The molecule has 0 saturated carbocycles. The number of ether oxygens (including phenoxy) is 1. The molecule has 0 aromatic carbocycles. The highest BCUT2D eigenvalue weighted by molar-refractivity contribution is 5.91. The third-order valence-corrected chi connectivity index (χ3v) is 3.84. The minimum atomic E-state index is -0.526. The van der Waals surface area contributed by atoms with Crippen molar-refractivity contribution in [3.8, 4) is 0 Å². The van der Waals surface area contributed by atoms with Gasteiger partial charge in [-0.1, -0.05) is 18.7 Å². The molecule has 2 bridgehead atoms. The second-order valence-electron chi connectivity index (χ2n) is 5.27. The standard InChI is InChI=1S/C15H20O3/c1-9(2)12-6-4-10(3)13(16)7-5-11-8-14(12)18-15(11)17/h8,12-14,16H,1,3-7H2,2H3/t12-,13?,14+/m1/s1. The fourth-order valence-electron chi connectivity index (χ4n) is 2.58. The quantitative estimate of drug-likeness (QED) is 0.573. The summed E-state index contributed by atoms with van der Waals surface area (Å²) in [6.07, 6.45) is 3.85. The molecular weight excluding hydrogens is 228 g/mol. The zero-order valence-electron chi connectivity index (χ0n) is 10.8. The Balaban J connectivity index is 2.25. The highest BCUT2D eigenvalue weighted by atomic mass is 16.5. The number of carbonyl (C=O) groups excluding carboxylic acids is 1. The van der Waals surface area contributed by atoms with Crippen molar-refractivity contribution in [2.24, 2.45) is 5.92 Å². The van der Waals surface area contributed by atoms with E-state index in [4.69, 9.17) is 4.74 Å². The Morgan fingerprint density at radius 2 is 2.17 bits per heavy atom. The highest BCUT2D eigenvalue weighted by Gasteiger charge is 2.33. The van der Waals surface area contributed by atoms with Gasteiger partial charge >= 0.3 is 5.97 Å². The Hall–Kier alpha value is -1.35. The molecule has 0 aromatic heterocycles. The van der Waals surface area contributed by atoms with Crippen LogP contribution in [0.3, 0.4) is 0 Å². The number of carbonyl (C=O) groups is 1. The van der Waals surface area contributed by atoms with Gasteiger partial charge in [-0.2, -0.15) is 0 Å². The number of fused-ring (bicyclic) bond motifs is 1. The van der Waals surface area contributed by atoms with Crippen molar-refractivity contribution in [3.63, 3.8) is 0 Å². The summed E-state index contributed by atoms with van der Waals surface area (Å²) in [5, 5.41) is 9.94. The van der Waals surface area contributed by atoms with Crippen molar-refractivity contribution < 1.29 is 14.6 Å². The number of hydrogen-bond donors (Lipinski definition) is 1. The molecule has 0 fully saturated rings. The van der Waals surface area contributed by atoms with E-state index in [1.165, 1.54) is 0 Å². The molecule has 2 aliphatic rings. The average molecular weight is 248 g/mol. The summed E-state index contributed by atoms with van der Waals surface area (Å²) in [6, 6.07) is 0. The number of aliphatic hydroxyl groups excluding tert-OH is 1. The van der Waals surface area contributed by atoms with Crippen LogP contribution in [0.25, 0.3) is 0 Å². The monoisotopic (exact) mass is 248 g/mol. The van der Waals surface area contributed by atoms with Crippen LogP contribution >= 0.6 is 0 Å². The second kappa shape index (κ2) is 5.11. The van der Waals surface area contributed by atoms with E-state index in [0.717, 1.165) is 24.0 Å². The van der Waals surface area contributed by atoms with Crippen molar-refractivity contribution in [1.29, 1.82) is 0 Å². The average Bonchev–Trinajstić information content (AvgIpc) is 2.66. The van der Waals surface area contributed by atoms with Gasteiger partial charge in [-0.3, -0.25) is 0 Å². The normalized spacial score (nSPS) is 32.8. The van der Waals surface area contributed by atoms with E-state index in [0.29, 0.717) is 18.4 Å². The fraction of sp³-hybridized carbons (Fsp3) is 0.533. The third kappa shape index (κ3) is 2.56. The van der Waals surface area contributed by atoms with Crippen molar-refractivity contribution >= 4 is 5.97 Å². The molecule has 2 rings (SSSR count). The van der Waals surface area contributed by atoms with Gasteiger partial charge in [-0.05, 0) is 44.3 Å². The Kier molecular flexibility index (Phi) is 3.71. The van der Waals surface area contributed by atoms with Crippen LogP contribution in [0.5, 0.6) is 0 Å². The molecule has 3 heteroatoms. The molecule has 0 amide bonds. The van der Waals surface area contributed by atoms with E-state index in [9.17, 15) is 9.90 Å². The third-order valence-electron chi connectivity index (χ3n) is 3.84. The lowest BCUT2D eigenvalue weighted by atomic mass is 9.86. The van der Waals surface area contributed by atoms with Crippen LogP contribution in [0.2, 0.25) is 0 Å². The molecule has 18 heavy (non-hydrogen) atoms. The number of aliphatic hydroxyl groups is 1. The smallest absolute Gasteiger partial charge is 0.334 e. The van der Waals surface area contributed by atoms with Gasteiger partial charge in [0.2, 0.25) is 0 Å². The van der Waals surface area contributed by atoms with Gasteiger partial charge < -0.3 is 9.84 Å². The van der Waals surface area contributed by atoms with Crippen molar-refractivity contribution in [2.75, 3.05) is 0 Å². The Labute approximate surface area is 108 Å². The number of rotatable bonds is 1. The molecule has 0 radical (unpaired) electrons. The van der Waals surface area contributed by atoms with E-state index in [1.807, 2.05) is 13.0 Å². The zero-order chi connectivity index (χ0) is 13.3. The molecule has 0 spiro atoms. The summed E-state index contributed by atoms with van der Waals surface area (Å²) < 4.78 is 5.40. The first kappa shape index (κ1) is 13.1. The zero-order valence-corrected chi connectivity index (χ0v) is 10.8. The van der Waals surface area contributed by atoms with E-state index >= 15 is 0 Å². The van der Waals surface area contributed by atoms with Gasteiger partial charge in [-0.15, -0.1) is 0 Å². The fourth-order valence-corrected chi connectivity index (χ4v) is 2.58. The van der Waals surface area contributed by atoms with Crippen LogP contribution < -0.4 is 0 Å². The second-order valence-corrected chi connectivity index (χ2v) is 5.27. The highest BCUT2D eigenvalue weighted by Crippen LogP contribution is 2.33. The van der Waals surface area contributed by atoms with Gasteiger partial charge in [0, 0.05) is 11.5 Å². The molecule has 1 aliphatic heterocycles. The maximum Gasteiger partial charge on any atom is 0.334 e. The first-order valence-corrected chi connectivity index (χ1v) is 6.42. The van der Waals surface area contributed by atoms with Gasteiger partial charge in [0.1, 0.15) is 6.10 Å². The lowest BCUT2D eigenvalue weighted by molar-refractivity contribution is -0.141. The summed E-state index contributed by atoms with van der Waals surface area (Å²) in [4.78, 5) is 11.7. The summed E-state index contributed by atoms with van der Waals surface area (Å²) >= 11 is 0. The SMILES string of the molecule is C=C1CC[C@H](C(=C)C)[C@@H]2C=C(CCC1O)C(=O)O2. The van der Waals surface area contributed by atoms with Crippen LogP contribution in [-0.2, 0) is 9.53 Å². The van der Waals surface area contributed by atoms with Crippen LogP contribution in [0.4, 0.5) is 0 Å². The summed E-state index contributed by atoms with van der Waals surface area (Å²) in [5.41, 5.74) is 2.53. The van der Waals surface area contributed by atoms with E-state index in [-0.39, 0.29) is 18.0 Å². The van der Waals surface area contributed by atoms with Gasteiger partial charge in [0.05, 0.1) is 6.10 Å². The van der Waals surface area contributed by atoms with Crippen LogP contribution in [-0.4, -0.2) is 23.3 Å². The largest absolute Gasteiger partial charge is 0.454 e. The molecule has 1 aliphatic carbocycles. The molecule has 98 valence electrons. The Morgan fingerprint density at radius 3 is 2.83 bits per heavy atom. The summed E-state index contributed by atoms with van der Waals surface area (Å²) in [5.74, 6) is -0.125. The summed E-state index contributed by atoms with van der Waals surface area (Å²) in [7, 11) is 0. The van der Waals surface area contributed by atoms with Crippen molar-refractivity contribution in [1.82, 2.24) is 0 Å². The topological polar surface area (TPSA) is 46.5 Å². The van der Waals surface area contributed by atoms with Gasteiger partial charge in [0.25, 0.3) is 0 Å². The van der Waals surface area contributed by atoms with Crippen LogP contribution in [0.15, 0.2) is 36.0 Å². The predicted molar refractivity (Wildman–Crippen MR) is 69.9 cm³/mol. The Bertz CT molecular complexity index is 419. The molecule has 1 N–H and O–H groups in total. The maximum atomic E-state index is 11.7. The molecule has 3 nitrogen and oxygen atoms in total. The molecule has 0 saturated heterocycles. The maximum absolute atomic E-state index is 11.7. The Morgan fingerprint density at radius 1 is 1.44 bits per heavy atom. The molecular formula is C15H20O3. The van der Waals surface area contributed by atoms with E-state index < -0.39 is 6.10 Å². The van der Waals surface area contributed by atoms with E-state index in [1.54, 1.807) is 0 Å². The van der Waals surface area contributed by atoms with Gasteiger partial charge in [0.15, 0.2) is 0 Å². The first-order chi connectivity index (χ1) is 8.49. The molecule has 3 atom stereocenters. The lowest BCUT2D eigenvalue weighted by Crippen LogP contribution is -2.22. The van der Waals surface area contributed by atoms with E-state index in [2.05, 4.69) is 13.2 Å². The first-order valence-electron chi connectivity index (χ1n) is 6.42. The van der Waals surface area contributed by atoms with Crippen LogP contribution in [0.1, 0.15) is 32.6 Å². The predicted octanol–water partition coefficient (Wildman–Crippen LogP) is 2.52. The minimum absolute atomic E-state index is 0.119. The lowest BCUT2D eigenvalue weighted by Gasteiger charge is -2.23. The molecule has 0 aromatic rings. The number of hydrogen-bond acceptors (Lipinski definition) is 3. The van der Waals surface area contributed by atoms with Crippen LogP contribution in [0, 0.1) is 5.92 Å². The summed E-state index contributed by atoms with van der Waals surface area (Å²) in [6.45, 7) is 9.86. The van der Waals surface area contributed by atoms with Gasteiger partial charge in [-0.25, -0.2) is 4.79 Å². The van der Waals surface area contributed by atoms with Crippen molar-refractivity contribution in [2.45, 2.75) is 44.8 Å². The molecule has 1 heterocycles. The number of esters is 1. The molecule has 1 unspecified atom stereocenters. The minimum Gasteiger partial charge on any atom is -0.454 e.